The molecule has 1 atom stereocenters. The number of rotatable bonds is 6. The van der Waals surface area contributed by atoms with E-state index in [4.69, 9.17) is 5.73 Å². The van der Waals surface area contributed by atoms with Crippen LogP contribution in [-0.4, -0.2) is 25.8 Å². The molecule has 0 saturated carbocycles. The third-order valence-corrected chi connectivity index (χ3v) is 6.26. The van der Waals surface area contributed by atoms with Crippen LogP contribution in [0.5, 0.6) is 0 Å². The second-order valence-electron chi connectivity index (χ2n) is 4.14. The van der Waals surface area contributed by atoms with Gasteiger partial charge < -0.3 is 5.73 Å². The molecule has 1 rings (SSSR count). The summed E-state index contributed by atoms with van der Waals surface area (Å²) in [7, 11) is -1.72. The normalized spacial score (nSPS) is 14.2. The Morgan fingerprint density at radius 1 is 1.53 bits per heavy atom. The summed E-state index contributed by atoms with van der Waals surface area (Å²) in [4.78, 5) is 0. The molecule has 0 aliphatic rings. The van der Waals surface area contributed by atoms with Crippen molar-refractivity contribution in [1.82, 2.24) is 4.31 Å². The Bertz CT molecular complexity index is 454. The maximum atomic E-state index is 12.3. The van der Waals surface area contributed by atoms with Crippen LogP contribution in [-0.2, 0) is 16.6 Å². The van der Waals surface area contributed by atoms with E-state index in [2.05, 4.69) is 6.92 Å². The Labute approximate surface area is 107 Å². The van der Waals surface area contributed by atoms with Gasteiger partial charge in [-0.15, -0.1) is 11.3 Å². The molecular formula is C11H20N2O2S2. The lowest BCUT2D eigenvalue weighted by molar-refractivity contribution is 0.369. The second-order valence-corrected chi connectivity index (χ2v) is 7.27. The van der Waals surface area contributed by atoms with Crippen molar-refractivity contribution in [3.8, 4) is 0 Å². The SMILES string of the molecule is CCCC(C)N(C)S(=O)(=O)c1cc(CN)cs1. The molecule has 0 radical (unpaired) electrons. The van der Waals surface area contributed by atoms with Crippen LogP contribution in [0.15, 0.2) is 15.7 Å². The van der Waals surface area contributed by atoms with Gasteiger partial charge >= 0.3 is 0 Å². The first-order valence-corrected chi connectivity index (χ1v) is 8.01. The van der Waals surface area contributed by atoms with Crippen molar-refractivity contribution in [2.45, 2.75) is 43.5 Å². The molecule has 0 aliphatic heterocycles. The van der Waals surface area contributed by atoms with E-state index in [0.29, 0.717) is 10.8 Å². The fraction of sp³-hybridized carbons (Fsp3) is 0.636. The first-order chi connectivity index (χ1) is 7.93. The van der Waals surface area contributed by atoms with Gasteiger partial charge in [-0.3, -0.25) is 0 Å². The van der Waals surface area contributed by atoms with Crippen molar-refractivity contribution in [2.75, 3.05) is 7.05 Å². The minimum Gasteiger partial charge on any atom is -0.326 e. The van der Waals surface area contributed by atoms with Gasteiger partial charge in [-0.25, -0.2) is 8.42 Å². The van der Waals surface area contributed by atoms with Crippen LogP contribution in [0.2, 0.25) is 0 Å². The molecular weight excluding hydrogens is 256 g/mol. The van der Waals surface area contributed by atoms with E-state index in [1.54, 1.807) is 18.5 Å². The number of hydrogen-bond donors (Lipinski definition) is 1. The summed E-state index contributed by atoms with van der Waals surface area (Å²) in [5.41, 5.74) is 6.35. The van der Waals surface area contributed by atoms with Gasteiger partial charge in [0.1, 0.15) is 4.21 Å². The summed E-state index contributed by atoms with van der Waals surface area (Å²) < 4.78 is 26.4. The highest BCUT2D eigenvalue weighted by Gasteiger charge is 2.26. The molecule has 98 valence electrons. The molecule has 0 amide bonds. The average Bonchev–Trinajstić information content (AvgIpc) is 2.77. The maximum absolute atomic E-state index is 12.3. The molecule has 1 heterocycles. The highest BCUT2D eigenvalue weighted by atomic mass is 32.2. The van der Waals surface area contributed by atoms with Crippen molar-refractivity contribution in [3.63, 3.8) is 0 Å². The summed E-state index contributed by atoms with van der Waals surface area (Å²) in [5.74, 6) is 0. The van der Waals surface area contributed by atoms with E-state index in [9.17, 15) is 8.42 Å². The molecule has 0 aromatic carbocycles. The van der Waals surface area contributed by atoms with Crippen molar-refractivity contribution in [2.24, 2.45) is 5.73 Å². The molecule has 0 bridgehead atoms. The number of nitrogens with two attached hydrogens (primary N) is 1. The quantitative estimate of drug-likeness (QED) is 0.864. The third-order valence-electron chi connectivity index (χ3n) is 2.83. The monoisotopic (exact) mass is 276 g/mol. The fourth-order valence-corrected chi connectivity index (χ4v) is 4.37. The molecule has 0 aliphatic carbocycles. The molecule has 4 nitrogen and oxygen atoms in total. The van der Waals surface area contributed by atoms with Gasteiger partial charge in [-0.05, 0) is 30.4 Å². The van der Waals surface area contributed by atoms with E-state index in [-0.39, 0.29) is 6.04 Å². The first kappa shape index (κ1) is 14.6. The summed E-state index contributed by atoms with van der Waals surface area (Å²) in [6, 6.07) is 1.68. The standard InChI is InChI=1S/C11H20N2O2S2/c1-4-5-9(2)13(3)17(14,15)11-6-10(7-12)8-16-11/h6,8-9H,4-5,7,12H2,1-3H3. The lowest BCUT2D eigenvalue weighted by atomic mass is 10.2. The average molecular weight is 276 g/mol. The summed E-state index contributed by atoms with van der Waals surface area (Å²) in [6.07, 6.45) is 1.84. The predicted molar refractivity (Wildman–Crippen MR) is 71.5 cm³/mol. The summed E-state index contributed by atoms with van der Waals surface area (Å²) >= 11 is 1.24. The van der Waals surface area contributed by atoms with Crippen LogP contribution in [0.4, 0.5) is 0 Å². The Balaban J connectivity index is 2.94. The van der Waals surface area contributed by atoms with Gasteiger partial charge in [0.05, 0.1) is 0 Å². The number of nitrogens with zero attached hydrogens (tertiary/aromatic N) is 1. The van der Waals surface area contributed by atoms with Crippen molar-refractivity contribution < 1.29 is 8.42 Å². The Hall–Kier alpha value is -0.430. The fourth-order valence-electron chi connectivity index (χ4n) is 1.57. The second kappa shape index (κ2) is 5.95. The lowest BCUT2D eigenvalue weighted by Crippen LogP contribution is -2.34. The molecule has 0 saturated heterocycles. The first-order valence-electron chi connectivity index (χ1n) is 5.69. The van der Waals surface area contributed by atoms with E-state index >= 15 is 0 Å². The zero-order chi connectivity index (χ0) is 13.1. The van der Waals surface area contributed by atoms with Crippen molar-refractivity contribution in [3.05, 3.63) is 17.0 Å². The van der Waals surface area contributed by atoms with Crippen LogP contribution in [0.1, 0.15) is 32.3 Å². The van der Waals surface area contributed by atoms with Crippen LogP contribution in [0, 0.1) is 0 Å². The van der Waals surface area contributed by atoms with E-state index < -0.39 is 10.0 Å². The molecule has 0 fully saturated rings. The number of thiophene rings is 1. The highest BCUT2D eigenvalue weighted by Crippen LogP contribution is 2.25. The molecule has 2 N–H and O–H groups in total. The Morgan fingerprint density at radius 2 is 2.18 bits per heavy atom. The van der Waals surface area contributed by atoms with Gasteiger partial charge in [0.25, 0.3) is 10.0 Å². The topological polar surface area (TPSA) is 63.4 Å². The minimum atomic E-state index is -3.35. The molecule has 0 spiro atoms. The Morgan fingerprint density at radius 3 is 2.65 bits per heavy atom. The van der Waals surface area contributed by atoms with Crippen LogP contribution >= 0.6 is 11.3 Å². The molecule has 1 aromatic rings. The smallest absolute Gasteiger partial charge is 0.252 e. The lowest BCUT2D eigenvalue weighted by Gasteiger charge is -2.23. The zero-order valence-electron chi connectivity index (χ0n) is 10.5. The van der Waals surface area contributed by atoms with Gasteiger partial charge in [0.15, 0.2) is 0 Å². The third kappa shape index (κ3) is 3.28. The van der Waals surface area contributed by atoms with Gasteiger partial charge in [0.2, 0.25) is 0 Å². The predicted octanol–water partition coefficient (Wildman–Crippen LogP) is 2.02. The summed E-state index contributed by atoms with van der Waals surface area (Å²) in [5, 5.41) is 1.80. The molecule has 1 aromatic heterocycles. The summed E-state index contributed by atoms with van der Waals surface area (Å²) in [6.45, 7) is 4.35. The molecule has 6 heteroatoms. The van der Waals surface area contributed by atoms with Crippen LogP contribution in [0.3, 0.4) is 0 Å². The molecule has 1 unspecified atom stereocenters. The van der Waals surface area contributed by atoms with Crippen LogP contribution < -0.4 is 5.73 Å². The molecule has 17 heavy (non-hydrogen) atoms. The minimum absolute atomic E-state index is 0.0217. The zero-order valence-corrected chi connectivity index (χ0v) is 12.1. The van der Waals surface area contributed by atoms with E-state index in [1.165, 1.54) is 15.6 Å². The largest absolute Gasteiger partial charge is 0.326 e. The van der Waals surface area contributed by atoms with E-state index in [1.807, 2.05) is 6.92 Å². The Kier molecular flexibility index (Phi) is 5.12. The van der Waals surface area contributed by atoms with Crippen molar-refractivity contribution in [1.29, 1.82) is 0 Å². The number of hydrogen-bond acceptors (Lipinski definition) is 4. The highest BCUT2D eigenvalue weighted by molar-refractivity contribution is 7.91. The number of sulfonamides is 1. The van der Waals surface area contributed by atoms with E-state index in [0.717, 1.165) is 18.4 Å². The van der Waals surface area contributed by atoms with Gasteiger partial charge in [-0.1, -0.05) is 13.3 Å². The maximum Gasteiger partial charge on any atom is 0.252 e. The van der Waals surface area contributed by atoms with Gasteiger partial charge in [-0.2, -0.15) is 4.31 Å². The van der Waals surface area contributed by atoms with Crippen LogP contribution in [0.25, 0.3) is 0 Å². The van der Waals surface area contributed by atoms with Gasteiger partial charge in [0, 0.05) is 19.6 Å². The van der Waals surface area contributed by atoms with Crippen molar-refractivity contribution >= 4 is 21.4 Å².